The molecule has 3 atom stereocenters. The van der Waals surface area contributed by atoms with E-state index in [1.807, 2.05) is 6.07 Å². The number of hydrogen-bond acceptors (Lipinski definition) is 3. The zero-order valence-electron chi connectivity index (χ0n) is 12.4. The standard InChI is InChI=1S/C15H19N3O4/c1-9(14(20)21)16-15(22)17-6-10-5-11(8-17)12-3-2-4-13(19)18(12)7-10/h2-4,9-11H,5-8H2,1H3,(H,16,22)(H,20,21)/t9-,10+,11-/m0/s1. The van der Waals surface area contributed by atoms with Gasteiger partial charge in [-0.05, 0) is 25.3 Å². The summed E-state index contributed by atoms with van der Waals surface area (Å²) in [5.41, 5.74) is 0.970. The molecular formula is C15H19N3O4. The summed E-state index contributed by atoms with van der Waals surface area (Å²) < 4.78 is 1.80. The van der Waals surface area contributed by atoms with Gasteiger partial charge in [-0.3, -0.25) is 9.59 Å². The van der Waals surface area contributed by atoms with Crippen LogP contribution in [0.5, 0.6) is 0 Å². The second-order valence-corrected chi connectivity index (χ2v) is 6.11. The van der Waals surface area contributed by atoms with Crippen molar-refractivity contribution in [2.75, 3.05) is 13.1 Å². The lowest BCUT2D eigenvalue weighted by molar-refractivity contribution is -0.138. The van der Waals surface area contributed by atoms with E-state index in [-0.39, 0.29) is 23.4 Å². The zero-order valence-corrected chi connectivity index (χ0v) is 12.4. The molecule has 0 unspecified atom stereocenters. The van der Waals surface area contributed by atoms with Gasteiger partial charge in [0.05, 0.1) is 0 Å². The molecule has 1 fully saturated rings. The Bertz CT molecular complexity index is 669. The quantitative estimate of drug-likeness (QED) is 0.830. The van der Waals surface area contributed by atoms with Crippen molar-refractivity contribution < 1.29 is 14.7 Å². The number of aliphatic carboxylic acids is 1. The van der Waals surface area contributed by atoms with Crippen molar-refractivity contribution in [2.24, 2.45) is 5.92 Å². The third-order valence-electron chi connectivity index (χ3n) is 4.48. The summed E-state index contributed by atoms with van der Waals surface area (Å²) in [4.78, 5) is 36.7. The van der Waals surface area contributed by atoms with E-state index in [1.54, 1.807) is 21.6 Å². The van der Waals surface area contributed by atoms with Gasteiger partial charge in [0.25, 0.3) is 5.56 Å². The first-order valence-electron chi connectivity index (χ1n) is 7.43. The molecule has 0 radical (unpaired) electrons. The topological polar surface area (TPSA) is 91.6 Å². The first-order valence-corrected chi connectivity index (χ1v) is 7.43. The molecule has 2 bridgehead atoms. The Hall–Kier alpha value is -2.31. The molecule has 2 aliphatic heterocycles. The van der Waals surface area contributed by atoms with E-state index in [4.69, 9.17) is 5.11 Å². The summed E-state index contributed by atoms with van der Waals surface area (Å²) in [6, 6.07) is 3.98. The van der Waals surface area contributed by atoms with Crippen LogP contribution in [-0.4, -0.2) is 45.7 Å². The molecule has 0 saturated carbocycles. The summed E-state index contributed by atoms with van der Waals surface area (Å²) in [6.45, 7) is 3.12. The van der Waals surface area contributed by atoms with E-state index in [0.717, 1.165) is 12.1 Å². The van der Waals surface area contributed by atoms with Crippen molar-refractivity contribution in [1.29, 1.82) is 0 Å². The number of amides is 2. The second-order valence-electron chi connectivity index (χ2n) is 6.11. The largest absolute Gasteiger partial charge is 0.480 e. The van der Waals surface area contributed by atoms with Crippen LogP contribution in [0.25, 0.3) is 0 Å². The van der Waals surface area contributed by atoms with Crippen LogP contribution in [0.3, 0.4) is 0 Å². The number of aromatic nitrogens is 1. The number of likely N-dealkylation sites (tertiary alicyclic amines) is 1. The molecule has 1 saturated heterocycles. The highest BCUT2D eigenvalue weighted by molar-refractivity contribution is 5.82. The van der Waals surface area contributed by atoms with Crippen LogP contribution >= 0.6 is 0 Å². The van der Waals surface area contributed by atoms with Gasteiger partial charge in [-0.15, -0.1) is 0 Å². The smallest absolute Gasteiger partial charge is 0.325 e. The number of urea groups is 1. The van der Waals surface area contributed by atoms with Crippen LogP contribution < -0.4 is 10.9 Å². The third kappa shape index (κ3) is 2.58. The van der Waals surface area contributed by atoms with E-state index in [9.17, 15) is 14.4 Å². The highest BCUT2D eigenvalue weighted by Crippen LogP contribution is 2.34. The molecule has 0 aliphatic carbocycles. The minimum Gasteiger partial charge on any atom is -0.480 e. The Balaban J connectivity index is 1.77. The lowest BCUT2D eigenvalue weighted by Gasteiger charge is -2.42. The van der Waals surface area contributed by atoms with Crippen LogP contribution in [0, 0.1) is 5.92 Å². The molecule has 2 aliphatic rings. The highest BCUT2D eigenvalue weighted by Gasteiger charge is 2.36. The maximum atomic E-state index is 12.2. The summed E-state index contributed by atoms with van der Waals surface area (Å²) >= 11 is 0. The van der Waals surface area contributed by atoms with Crippen LogP contribution in [0.2, 0.25) is 0 Å². The highest BCUT2D eigenvalue weighted by atomic mass is 16.4. The van der Waals surface area contributed by atoms with Crippen LogP contribution in [-0.2, 0) is 11.3 Å². The van der Waals surface area contributed by atoms with Crippen molar-refractivity contribution in [3.05, 3.63) is 34.2 Å². The van der Waals surface area contributed by atoms with Gasteiger partial charge in [0.1, 0.15) is 6.04 Å². The molecule has 2 N–H and O–H groups in total. The molecule has 7 nitrogen and oxygen atoms in total. The molecular weight excluding hydrogens is 286 g/mol. The summed E-state index contributed by atoms with van der Waals surface area (Å²) in [7, 11) is 0. The molecule has 1 aromatic heterocycles. The molecule has 2 amide bonds. The molecule has 3 rings (SSSR count). The Kier molecular flexibility index (Phi) is 3.64. The van der Waals surface area contributed by atoms with Crippen molar-refractivity contribution in [3.63, 3.8) is 0 Å². The third-order valence-corrected chi connectivity index (χ3v) is 4.48. The molecule has 22 heavy (non-hydrogen) atoms. The van der Waals surface area contributed by atoms with E-state index >= 15 is 0 Å². The van der Waals surface area contributed by atoms with E-state index in [0.29, 0.717) is 19.6 Å². The number of nitrogens with zero attached hydrogens (tertiary/aromatic N) is 2. The number of carbonyl (C=O) groups is 2. The monoisotopic (exact) mass is 305 g/mol. The van der Waals surface area contributed by atoms with Gasteiger partial charge < -0.3 is 19.9 Å². The Morgan fingerprint density at radius 3 is 2.82 bits per heavy atom. The van der Waals surface area contributed by atoms with E-state index < -0.39 is 12.0 Å². The lowest BCUT2D eigenvalue weighted by Crippen LogP contribution is -2.54. The molecule has 118 valence electrons. The average molecular weight is 305 g/mol. The summed E-state index contributed by atoms with van der Waals surface area (Å²) in [5.74, 6) is -0.688. The fraction of sp³-hybridized carbons (Fsp3) is 0.533. The number of piperidine rings is 1. The van der Waals surface area contributed by atoms with Gasteiger partial charge in [-0.1, -0.05) is 6.07 Å². The maximum Gasteiger partial charge on any atom is 0.325 e. The van der Waals surface area contributed by atoms with Crippen molar-refractivity contribution >= 4 is 12.0 Å². The van der Waals surface area contributed by atoms with E-state index in [2.05, 4.69) is 5.32 Å². The average Bonchev–Trinajstić information content (AvgIpc) is 2.48. The first kappa shape index (κ1) is 14.6. The molecule has 3 heterocycles. The summed E-state index contributed by atoms with van der Waals surface area (Å²) in [5, 5.41) is 11.4. The fourth-order valence-corrected chi connectivity index (χ4v) is 3.40. The van der Waals surface area contributed by atoms with Gasteiger partial charge in [0, 0.05) is 37.3 Å². The normalized spacial score (nSPS) is 24.3. The first-order chi connectivity index (χ1) is 10.5. The number of pyridine rings is 1. The Morgan fingerprint density at radius 2 is 2.09 bits per heavy atom. The predicted molar refractivity (Wildman–Crippen MR) is 78.8 cm³/mol. The molecule has 7 heteroatoms. The van der Waals surface area contributed by atoms with Crippen LogP contribution in [0.15, 0.2) is 23.0 Å². The molecule has 0 spiro atoms. The number of hydrogen-bond donors (Lipinski definition) is 2. The maximum absolute atomic E-state index is 12.2. The van der Waals surface area contributed by atoms with Crippen molar-refractivity contribution in [3.8, 4) is 0 Å². The number of carboxylic acid groups (broad SMARTS) is 1. The summed E-state index contributed by atoms with van der Waals surface area (Å²) in [6.07, 6.45) is 0.960. The van der Waals surface area contributed by atoms with Gasteiger partial charge in [-0.2, -0.15) is 0 Å². The van der Waals surface area contributed by atoms with Gasteiger partial charge in [0.15, 0.2) is 0 Å². The zero-order chi connectivity index (χ0) is 15.9. The SMILES string of the molecule is C[C@H](NC(=O)N1C[C@H]2C[C@@H](C1)c1cccc(=O)n1C2)C(=O)O. The minimum atomic E-state index is -1.05. The Morgan fingerprint density at radius 1 is 1.32 bits per heavy atom. The van der Waals surface area contributed by atoms with Gasteiger partial charge >= 0.3 is 12.0 Å². The fourth-order valence-electron chi connectivity index (χ4n) is 3.40. The lowest BCUT2D eigenvalue weighted by atomic mass is 9.83. The minimum absolute atomic E-state index is 0.00426. The van der Waals surface area contributed by atoms with Crippen molar-refractivity contribution in [1.82, 2.24) is 14.8 Å². The molecule has 1 aromatic rings. The van der Waals surface area contributed by atoms with Crippen molar-refractivity contribution in [2.45, 2.75) is 31.8 Å². The van der Waals surface area contributed by atoms with Crippen LogP contribution in [0.4, 0.5) is 4.79 Å². The Labute approximate surface area is 127 Å². The number of rotatable bonds is 2. The van der Waals surface area contributed by atoms with Gasteiger partial charge in [0.2, 0.25) is 0 Å². The van der Waals surface area contributed by atoms with Crippen LogP contribution in [0.1, 0.15) is 25.0 Å². The number of fused-ring (bicyclic) bond motifs is 4. The molecule has 0 aromatic carbocycles. The number of carbonyl (C=O) groups excluding carboxylic acids is 1. The van der Waals surface area contributed by atoms with E-state index in [1.165, 1.54) is 6.92 Å². The predicted octanol–water partition coefficient (Wildman–Crippen LogP) is 0.450. The number of carboxylic acids is 1. The van der Waals surface area contributed by atoms with Gasteiger partial charge in [-0.25, -0.2) is 4.79 Å². The second kappa shape index (κ2) is 5.47. The number of nitrogens with one attached hydrogen (secondary N) is 1.